The van der Waals surface area contributed by atoms with Gasteiger partial charge in [-0.3, -0.25) is 4.79 Å². The quantitative estimate of drug-likeness (QED) is 0.461. The Morgan fingerprint density at radius 3 is 2.67 bits per heavy atom. The lowest BCUT2D eigenvalue weighted by Crippen LogP contribution is -2.46. The fraction of sp³-hybridized carbons (Fsp3) is 0.818. The summed E-state index contributed by atoms with van der Waals surface area (Å²) >= 11 is 0. The molecule has 1 atom stereocenters. The maximum atomic E-state index is 11.3. The number of hydrogen-bond donors (Lipinski definition) is 4. The van der Waals surface area contributed by atoms with Crippen molar-refractivity contribution in [3.8, 4) is 0 Å². The third kappa shape index (κ3) is 5.83. The predicted molar refractivity (Wildman–Crippen MR) is 67.6 cm³/mol. The van der Waals surface area contributed by atoms with Crippen LogP contribution >= 0.6 is 0 Å². The van der Waals surface area contributed by atoms with Gasteiger partial charge in [0.05, 0.1) is 0 Å². The highest BCUT2D eigenvalue weighted by atomic mass is 16.4. The molecule has 7 heteroatoms. The Kier molecular flexibility index (Phi) is 6.45. The Morgan fingerprint density at radius 1 is 1.39 bits per heavy atom. The summed E-state index contributed by atoms with van der Waals surface area (Å²) in [7, 11) is 0. The van der Waals surface area contributed by atoms with E-state index in [0.29, 0.717) is 6.54 Å². The van der Waals surface area contributed by atoms with Crippen molar-refractivity contribution >= 4 is 12.0 Å². The van der Waals surface area contributed by atoms with Crippen LogP contribution in [-0.2, 0) is 4.79 Å². The van der Waals surface area contributed by atoms with Gasteiger partial charge in [-0.05, 0) is 19.9 Å². The second kappa shape index (κ2) is 7.88. The van der Waals surface area contributed by atoms with Crippen molar-refractivity contribution in [3.63, 3.8) is 0 Å². The Morgan fingerprint density at radius 2 is 2.06 bits per heavy atom. The standard InChI is InChI=1S/C11H22N4O3/c1-9(10(16)17)14-11(18)13-3-2-6-15-7-4-12-5-8-15/h9,12H,2-8H2,1H3,(H,16,17)(H2,13,14,18). The van der Waals surface area contributed by atoms with Gasteiger partial charge in [0.2, 0.25) is 0 Å². The summed E-state index contributed by atoms with van der Waals surface area (Å²) in [6, 6.07) is -1.29. The zero-order valence-corrected chi connectivity index (χ0v) is 10.7. The van der Waals surface area contributed by atoms with E-state index in [0.717, 1.165) is 39.1 Å². The van der Waals surface area contributed by atoms with Crippen molar-refractivity contribution in [2.45, 2.75) is 19.4 Å². The van der Waals surface area contributed by atoms with Gasteiger partial charge in [-0.25, -0.2) is 4.79 Å². The summed E-state index contributed by atoms with van der Waals surface area (Å²) in [6.45, 7) is 7.07. The first kappa shape index (κ1) is 14.7. The number of nitrogens with zero attached hydrogens (tertiary/aromatic N) is 1. The van der Waals surface area contributed by atoms with Gasteiger partial charge in [0.1, 0.15) is 6.04 Å². The summed E-state index contributed by atoms with van der Waals surface area (Å²) in [5, 5.41) is 16.9. The van der Waals surface area contributed by atoms with Crippen molar-refractivity contribution < 1.29 is 14.7 Å². The first-order valence-electron chi connectivity index (χ1n) is 6.30. The Bertz CT molecular complexity index is 279. The van der Waals surface area contributed by atoms with E-state index in [1.807, 2.05) is 0 Å². The molecule has 0 saturated carbocycles. The number of rotatable bonds is 6. The molecular formula is C11H22N4O3. The molecule has 1 rings (SSSR count). The van der Waals surface area contributed by atoms with Crippen molar-refractivity contribution in [1.82, 2.24) is 20.9 Å². The lowest BCUT2D eigenvalue weighted by atomic mass is 10.3. The van der Waals surface area contributed by atoms with Crippen molar-refractivity contribution in [2.75, 3.05) is 39.3 Å². The lowest BCUT2D eigenvalue weighted by Gasteiger charge is -2.27. The molecule has 1 heterocycles. The van der Waals surface area contributed by atoms with Crippen molar-refractivity contribution in [3.05, 3.63) is 0 Å². The maximum Gasteiger partial charge on any atom is 0.325 e. The summed E-state index contributed by atoms with van der Waals surface area (Å²) in [6.07, 6.45) is 0.870. The van der Waals surface area contributed by atoms with Crippen LogP contribution in [0.15, 0.2) is 0 Å². The van der Waals surface area contributed by atoms with Gasteiger partial charge in [0, 0.05) is 32.7 Å². The Hall–Kier alpha value is -1.34. The molecular weight excluding hydrogens is 236 g/mol. The van der Waals surface area contributed by atoms with Gasteiger partial charge in [0.25, 0.3) is 0 Å². The highest BCUT2D eigenvalue weighted by molar-refractivity contribution is 5.82. The second-order valence-electron chi connectivity index (χ2n) is 4.41. The van der Waals surface area contributed by atoms with Crippen LogP contribution in [0.1, 0.15) is 13.3 Å². The number of carbonyl (C=O) groups is 2. The van der Waals surface area contributed by atoms with E-state index < -0.39 is 18.0 Å². The molecule has 0 aromatic carbocycles. The molecule has 1 fully saturated rings. The molecule has 1 unspecified atom stereocenters. The van der Waals surface area contributed by atoms with Crippen molar-refractivity contribution in [1.29, 1.82) is 0 Å². The van der Waals surface area contributed by atoms with E-state index in [-0.39, 0.29) is 0 Å². The molecule has 0 spiro atoms. The molecule has 104 valence electrons. The summed E-state index contributed by atoms with van der Waals surface area (Å²) in [5.74, 6) is -1.04. The molecule has 2 amide bonds. The van der Waals surface area contributed by atoms with Gasteiger partial charge in [0.15, 0.2) is 0 Å². The van der Waals surface area contributed by atoms with E-state index in [1.165, 1.54) is 6.92 Å². The fourth-order valence-electron chi connectivity index (χ4n) is 1.75. The molecule has 0 aliphatic carbocycles. The van der Waals surface area contributed by atoms with E-state index in [9.17, 15) is 9.59 Å². The lowest BCUT2D eigenvalue weighted by molar-refractivity contribution is -0.138. The first-order valence-corrected chi connectivity index (χ1v) is 6.30. The minimum Gasteiger partial charge on any atom is -0.480 e. The normalized spacial score (nSPS) is 18.1. The first-order chi connectivity index (χ1) is 8.59. The third-order valence-corrected chi connectivity index (χ3v) is 2.86. The molecule has 1 saturated heterocycles. The average Bonchev–Trinajstić information content (AvgIpc) is 2.35. The van der Waals surface area contributed by atoms with Crippen LogP contribution in [0.2, 0.25) is 0 Å². The van der Waals surface area contributed by atoms with E-state index in [1.54, 1.807) is 0 Å². The number of piperazine rings is 1. The second-order valence-corrected chi connectivity index (χ2v) is 4.41. The molecule has 7 nitrogen and oxygen atoms in total. The summed E-state index contributed by atoms with van der Waals surface area (Å²) in [4.78, 5) is 24.2. The highest BCUT2D eigenvalue weighted by Crippen LogP contribution is 1.93. The molecule has 0 bridgehead atoms. The molecule has 4 N–H and O–H groups in total. The van der Waals surface area contributed by atoms with Gasteiger partial charge in [-0.2, -0.15) is 0 Å². The zero-order valence-electron chi connectivity index (χ0n) is 10.7. The van der Waals surface area contributed by atoms with Gasteiger partial charge >= 0.3 is 12.0 Å². The van der Waals surface area contributed by atoms with Gasteiger partial charge in [-0.1, -0.05) is 0 Å². The highest BCUT2D eigenvalue weighted by Gasteiger charge is 2.13. The number of nitrogens with one attached hydrogen (secondary N) is 3. The molecule has 1 aliphatic rings. The Balaban J connectivity index is 2.03. The number of hydrogen-bond acceptors (Lipinski definition) is 4. The van der Waals surface area contributed by atoms with Crippen LogP contribution in [0.25, 0.3) is 0 Å². The van der Waals surface area contributed by atoms with Crippen LogP contribution in [-0.4, -0.2) is 67.3 Å². The number of amides is 2. The van der Waals surface area contributed by atoms with Crippen LogP contribution in [0.4, 0.5) is 4.79 Å². The molecule has 0 aromatic heterocycles. The summed E-state index contributed by atoms with van der Waals surface area (Å²) < 4.78 is 0. The van der Waals surface area contributed by atoms with Crippen molar-refractivity contribution in [2.24, 2.45) is 0 Å². The zero-order chi connectivity index (χ0) is 13.4. The van der Waals surface area contributed by atoms with Gasteiger partial charge < -0.3 is 26.0 Å². The SMILES string of the molecule is CC(NC(=O)NCCCN1CCNCC1)C(=O)O. The largest absolute Gasteiger partial charge is 0.480 e. The molecule has 1 aliphatic heterocycles. The monoisotopic (exact) mass is 258 g/mol. The Labute approximate surface area is 107 Å². The summed E-state index contributed by atoms with van der Waals surface area (Å²) in [5.41, 5.74) is 0. The van der Waals surface area contributed by atoms with E-state index >= 15 is 0 Å². The number of carboxylic acid groups (broad SMARTS) is 1. The van der Waals surface area contributed by atoms with Crippen LogP contribution in [0, 0.1) is 0 Å². The third-order valence-electron chi connectivity index (χ3n) is 2.86. The predicted octanol–water partition coefficient (Wildman–Crippen LogP) is -0.946. The maximum absolute atomic E-state index is 11.3. The molecule has 18 heavy (non-hydrogen) atoms. The number of carbonyl (C=O) groups excluding carboxylic acids is 1. The van der Waals surface area contributed by atoms with Crippen LogP contribution in [0.3, 0.4) is 0 Å². The van der Waals surface area contributed by atoms with E-state index in [2.05, 4.69) is 20.9 Å². The van der Waals surface area contributed by atoms with E-state index in [4.69, 9.17) is 5.11 Å². The van der Waals surface area contributed by atoms with Gasteiger partial charge in [-0.15, -0.1) is 0 Å². The number of carboxylic acids is 1. The molecule has 0 radical (unpaired) electrons. The number of aliphatic carboxylic acids is 1. The number of urea groups is 1. The average molecular weight is 258 g/mol. The topological polar surface area (TPSA) is 93.7 Å². The smallest absolute Gasteiger partial charge is 0.325 e. The molecule has 0 aromatic rings. The van der Waals surface area contributed by atoms with Crippen LogP contribution < -0.4 is 16.0 Å². The van der Waals surface area contributed by atoms with Crippen LogP contribution in [0.5, 0.6) is 0 Å². The fourth-order valence-corrected chi connectivity index (χ4v) is 1.75. The minimum atomic E-state index is -1.04. The minimum absolute atomic E-state index is 0.426.